The molecule has 0 aromatic heterocycles. The molecular formula is C35H53NO3Sn. The van der Waals surface area contributed by atoms with Crippen LogP contribution in [-0.2, 0) is 14.3 Å². The monoisotopic (exact) mass is 655 g/mol. The zero-order chi connectivity index (χ0) is 28.5. The van der Waals surface area contributed by atoms with Gasteiger partial charge in [0.2, 0.25) is 0 Å². The fourth-order valence-corrected chi connectivity index (χ4v) is 23.5. The van der Waals surface area contributed by atoms with Gasteiger partial charge in [-0.2, -0.15) is 0 Å². The van der Waals surface area contributed by atoms with Crippen LogP contribution in [0.4, 0.5) is 0 Å². The molecule has 40 heavy (non-hydrogen) atoms. The molecule has 0 N–H and O–H groups in total. The van der Waals surface area contributed by atoms with Crippen molar-refractivity contribution >= 4 is 27.9 Å². The number of hydrogen-bond donors (Lipinski definition) is 0. The van der Waals surface area contributed by atoms with Crippen LogP contribution in [0.15, 0.2) is 54.6 Å². The Kier molecular flexibility index (Phi) is 12.0. The van der Waals surface area contributed by atoms with Crippen LogP contribution in [0.3, 0.4) is 0 Å². The van der Waals surface area contributed by atoms with E-state index in [1.54, 1.807) is 3.58 Å². The summed E-state index contributed by atoms with van der Waals surface area (Å²) in [6.45, 7) is 7.04. The van der Waals surface area contributed by atoms with Crippen molar-refractivity contribution in [2.75, 3.05) is 14.2 Å². The quantitative estimate of drug-likeness (QED) is 0.145. The summed E-state index contributed by atoms with van der Waals surface area (Å²) >= 11 is -2.51. The number of hydrogen-bond acceptors (Lipinski definition) is 4. The van der Waals surface area contributed by atoms with Crippen molar-refractivity contribution < 1.29 is 14.3 Å². The minimum absolute atomic E-state index is 0.133. The first-order valence-corrected chi connectivity index (χ1v) is 23.6. The summed E-state index contributed by atoms with van der Waals surface area (Å²) in [5.74, 6) is -0.383. The molecule has 220 valence electrons. The summed E-state index contributed by atoms with van der Waals surface area (Å²) in [6.07, 6.45) is 10.7. The average Bonchev–Trinajstić information content (AvgIpc) is 3.22. The molecule has 4 rings (SSSR count). The third kappa shape index (κ3) is 7.15. The number of esters is 1. The van der Waals surface area contributed by atoms with Crippen molar-refractivity contribution in [3.05, 3.63) is 65.7 Å². The molecule has 1 unspecified atom stereocenters. The Morgan fingerprint density at radius 3 is 2.00 bits per heavy atom. The molecule has 2 saturated heterocycles. The summed E-state index contributed by atoms with van der Waals surface area (Å²) in [6, 6.07) is 21.0. The molecule has 4 nitrogen and oxygen atoms in total. The van der Waals surface area contributed by atoms with E-state index in [9.17, 15) is 4.79 Å². The second-order valence-electron chi connectivity index (χ2n) is 12.4. The zero-order valence-corrected chi connectivity index (χ0v) is 28.6. The molecule has 2 heterocycles. The average molecular weight is 655 g/mol. The SMILES string of the molecule is CCC[CH2][Sn]([CH2]CCC)([CH2]CCC)[c]1ccc(C(O[C@H]2C[C@H]3CC[C@@H]([C@@H]2C(=O)OC)N3C)c2ccccc2)cc1. The van der Waals surface area contributed by atoms with Gasteiger partial charge in [-0.15, -0.1) is 0 Å². The standard InChI is InChI=1S/C23H26NO3.3C4H9.Sn/c1-24-18-13-14-19(24)21(23(25)26-2)20(15-18)27-22(16-9-5-3-6-10-16)17-11-7-4-8-12-17;3*1-3-4-2;/h3,5-12,18-22H,13-15H2,1-2H3;3*1,3-4H2,2H3;/t18-,19+,20+,21+,22?;;;;/m1..../s1. The van der Waals surface area contributed by atoms with E-state index >= 15 is 0 Å². The van der Waals surface area contributed by atoms with Crippen LogP contribution in [0.2, 0.25) is 13.3 Å². The van der Waals surface area contributed by atoms with E-state index < -0.39 is 18.4 Å². The van der Waals surface area contributed by atoms with Crippen molar-refractivity contribution in [1.82, 2.24) is 4.90 Å². The number of nitrogens with zero attached hydrogens (tertiary/aromatic N) is 1. The Bertz CT molecular complexity index is 1020. The summed E-state index contributed by atoms with van der Waals surface area (Å²) in [5.41, 5.74) is 2.36. The molecule has 0 radical (unpaired) electrons. The van der Waals surface area contributed by atoms with E-state index in [2.05, 4.69) is 87.3 Å². The van der Waals surface area contributed by atoms with Crippen molar-refractivity contribution in [2.24, 2.45) is 5.92 Å². The molecule has 5 heteroatoms. The maximum absolute atomic E-state index is 13.1. The van der Waals surface area contributed by atoms with E-state index in [1.807, 2.05) is 0 Å². The van der Waals surface area contributed by atoms with Gasteiger partial charge in [0.15, 0.2) is 0 Å². The zero-order valence-electron chi connectivity index (χ0n) is 25.7. The Morgan fingerprint density at radius 1 is 0.875 bits per heavy atom. The number of ether oxygens (including phenoxy) is 2. The molecule has 5 atom stereocenters. The molecule has 0 saturated carbocycles. The van der Waals surface area contributed by atoms with Crippen molar-refractivity contribution in [2.45, 2.75) is 116 Å². The van der Waals surface area contributed by atoms with E-state index in [1.165, 1.54) is 64.5 Å². The Hall–Kier alpha value is -1.37. The van der Waals surface area contributed by atoms with Crippen LogP contribution in [0.25, 0.3) is 0 Å². The summed E-state index contributed by atoms with van der Waals surface area (Å²) < 4.78 is 18.5. The number of unbranched alkanes of at least 4 members (excludes halogenated alkanes) is 3. The fraction of sp³-hybridized carbons (Fsp3) is 0.629. The molecule has 2 aliphatic rings. The molecule has 2 aromatic carbocycles. The molecule has 0 spiro atoms. The summed E-state index contributed by atoms with van der Waals surface area (Å²) in [7, 11) is 3.68. The molecule has 0 amide bonds. The molecule has 2 aromatic rings. The van der Waals surface area contributed by atoms with Gasteiger partial charge in [0.05, 0.1) is 0 Å². The Labute approximate surface area is 248 Å². The maximum atomic E-state index is 13.1. The van der Waals surface area contributed by atoms with Gasteiger partial charge in [-0.3, -0.25) is 0 Å². The van der Waals surface area contributed by atoms with E-state index in [0.29, 0.717) is 6.04 Å². The van der Waals surface area contributed by atoms with Gasteiger partial charge >= 0.3 is 249 Å². The van der Waals surface area contributed by atoms with E-state index in [0.717, 1.165) is 24.8 Å². The fourth-order valence-electron chi connectivity index (χ4n) is 7.52. The third-order valence-corrected chi connectivity index (χ3v) is 25.6. The van der Waals surface area contributed by atoms with Gasteiger partial charge in [-0.05, 0) is 0 Å². The van der Waals surface area contributed by atoms with Crippen LogP contribution < -0.4 is 3.58 Å². The number of benzene rings is 2. The summed E-state index contributed by atoms with van der Waals surface area (Å²) in [5, 5.41) is 0. The number of carbonyl (C=O) groups is 1. The van der Waals surface area contributed by atoms with E-state index in [-0.39, 0.29) is 30.1 Å². The number of fused-ring (bicyclic) bond motifs is 2. The molecular weight excluding hydrogens is 601 g/mol. The first-order valence-electron chi connectivity index (χ1n) is 16.1. The first kappa shape index (κ1) is 31.6. The van der Waals surface area contributed by atoms with Gasteiger partial charge in [-0.1, -0.05) is 0 Å². The molecule has 2 bridgehead atoms. The number of carbonyl (C=O) groups excluding carboxylic acids is 1. The summed E-state index contributed by atoms with van der Waals surface area (Å²) in [4.78, 5) is 15.4. The predicted octanol–water partition coefficient (Wildman–Crippen LogP) is 7.87. The van der Waals surface area contributed by atoms with Gasteiger partial charge in [0.1, 0.15) is 0 Å². The second kappa shape index (κ2) is 15.2. The number of piperidine rings is 1. The normalized spacial score (nSPS) is 23.7. The van der Waals surface area contributed by atoms with Crippen LogP contribution in [-0.4, -0.2) is 61.6 Å². The topological polar surface area (TPSA) is 38.8 Å². The number of methoxy groups -OCH3 is 1. The first-order chi connectivity index (χ1) is 19.5. The van der Waals surface area contributed by atoms with Crippen LogP contribution in [0, 0.1) is 5.92 Å². The molecule has 2 aliphatic heterocycles. The Balaban J connectivity index is 1.67. The van der Waals surface area contributed by atoms with Gasteiger partial charge in [0, 0.05) is 0 Å². The van der Waals surface area contributed by atoms with Gasteiger partial charge < -0.3 is 0 Å². The predicted molar refractivity (Wildman–Crippen MR) is 169 cm³/mol. The minimum atomic E-state index is -2.51. The number of rotatable bonds is 15. The second-order valence-corrected chi connectivity index (χ2v) is 25.7. The van der Waals surface area contributed by atoms with Crippen molar-refractivity contribution in [1.29, 1.82) is 0 Å². The van der Waals surface area contributed by atoms with Crippen LogP contribution in [0.1, 0.15) is 95.8 Å². The van der Waals surface area contributed by atoms with Crippen LogP contribution in [0.5, 0.6) is 0 Å². The third-order valence-electron chi connectivity index (χ3n) is 9.95. The van der Waals surface area contributed by atoms with E-state index in [4.69, 9.17) is 9.47 Å². The molecule has 0 aliphatic carbocycles. The van der Waals surface area contributed by atoms with Gasteiger partial charge in [-0.25, -0.2) is 0 Å². The van der Waals surface area contributed by atoms with Crippen molar-refractivity contribution in [3.8, 4) is 0 Å². The molecule has 2 fully saturated rings. The van der Waals surface area contributed by atoms with Crippen LogP contribution >= 0.6 is 0 Å². The van der Waals surface area contributed by atoms with Gasteiger partial charge in [0.25, 0.3) is 0 Å². The van der Waals surface area contributed by atoms with Crippen molar-refractivity contribution in [3.63, 3.8) is 0 Å². The Morgan fingerprint density at radius 2 is 1.45 bits per heavy atom.